The summed E-state index contributed by atoms with van der Waals surface area (Å²) >= 11 is 0. The molecule has 20 heavy (non-hydrogen) atoms. The van der Waals surface area contributed by atoms with Gasteiger partial charge in [-0.25, -0.2) is 8.42 Å². The standard InChI is InChI=1S/C12H11NO6S/c14-10-5-6-11(15)13(10)8-1-3-9(4-2-8)20(18,19)7-12(16)17/h1-4H,5-7H2,(H,16,17). The van der Waals surface area contributed by atoms with Crippen LogP contribution in [-0.2, 0) is 24.2 Å². The monoisotopic (exact) mass is 297 g/mol. The molecule has 1 heterocycles. The van der Waals surface area contributed by atoms with Crippen LogP contribution in [0.25, 0.3) is 0 Å². The zero-order valence-corrected chi connectivity index (χ0v) is 11.1. The van der Waals surface area contributed by atoms with E-state index in [1.165, 1.54) is 24.3 Å². The average molecular weight is 297 g/mol. The topological polar surface area (TPSA) is 109 Å². The minimum Gasteiger partial charge on any atom is -0.480 e. The Kier molecular flexibility index (Phi) is 3.58. The highest BCUT2D eigenvalue weighted by molar-refractivity contribution is 7.92. The van der Waals surface area contributed by atoms with Gasteiger partial charge in [0.05, 0.1) is 10.6 Å². The fourth-order valence-corrected chi connectivity index (χ4v) is 2.96. The van der Waals surface area contributed by atoms with Crippen molar-refractivity contribution >= 4 is 33.3 Å². The van der Waals surface area contributed by atoms with Crippen LogP contribution in [0.3, 0.4) is 0 Å². The Morgan fingerprint density at radius 3 is 2.05 bits per heavy atom. The van der Waals surface area contributed by atoms with Gasteiger partial charge in [0.15, 0.2) is 15.6 Å². The molecule has 1 fully saturated rings. The maximum absolute atomic E-state index is 11.7. The van der Waals surface area contributed by atoms with Crippen LogP contribution in [0.1, 0.15) is 12.8 Å². The highest BCUT2D eigenvalue weighted by atomic mass is 32.2. The van der Waals surface area contributed by atoms with Gasteiger partial charge in [0.2, 0.25) is 11.8 Å². The number of imide groups is 1. The van der Waals surface area contributed by atoms with E-state index in [9.17, 15) is 22.8 Å². The number of anilines is 1. The quantitative estimate of drug-likeness (QED) is 0.795. The molecule has 0 saturated carbocycles. The van der Waals surface area contributed by atoms with Gasteiger partial charge in [0.25, 0.3) is 0 Å². The molecule has 0 atom stereocenters. The first kappa shape index (κ1) is 14.2. The largest absolute Gasteiger partial charge is 0.480 e. The number of rotatable bonds is 4. The third-order valence-corrected chi connectivity index (χ3v) is 4.44. The Hall–Kier alpha value is -2.22. The van der Waals surface area contributed by atoms with E-state index in [2.05, 4.69) is 0 Å². The average Bonchev–Trinajstić information content (AvgIpc) is 2.68. The molecule has 1 saturated heterocycles. The van der Waals surface area contributed by atoms with Gasteiger partial charge in [0.1, 0.15) is 0 Å². The van der Waals surface area contributed by atoms with Gasteiger partial charge >= 0.3 is 5.97 Å². The summed E-state index contributed by atoms with van der Waals surface area (Å²) in [5, 5.41) is 8.53. The molecule has 2 amide bonds. The Morgan fingerprint density at radius 2 is 1.60 bits per heavy atom. The van der Waals surface area contributed by atoms with Crippen molar-refractivity contribution in [1.29, 1.82) is 0 Å². The van der Waals surface area contributed by atoms with Gasteiger partial charge < -0.3 is 5.11 Å². The molecule has 1 aromatic rings. The van der Waals surface area contributed by atoms with Crippen molar-refractivity contribution in [2.45, 2.75) is 17.7 Å². The van der Waals surface area contributed by atoms with Gasteiger partial charge in [-0.1, -0.05) is 0 Å². The first-order valence-corrected chi connectivity index (χ1v) is 7.37. The lowest BCUT2D eigenvalue weighted by molar-refractivity contribution is -0.134. The summed E-state index contributed by atoms with van der Waals surface area (Å²) in [6.07, 6.45) is 0.274. The molecule has 0 radical (unpaired) electrons. The molecule has 0 bridgehead atoms. The summed E-state index contributed by atoms with van der Waals surface area (Å²) in [6, 6.07) is 5.00. The number of carboxylic acid groups (broad SMARTS) is 1. The predicted octanol–water partition coefficient (Wildman–Crippen LogP) is 0.198. The number of hydrogen-bond donors (Lipinski definition) is 1. The molecule has 7 nitrogen and oxygen atoms in total. The third kappa shape index (κ3) is 2.69. The second-order valence-electron chi connectivity index (χ2n) is 4.27. The summed E-state index contributed by atoms with van der Waals surface area (Å²) in [5.41, 5.74) is 0.284. The van der Waals surface area contributed by atoms with E-state index < -0.39 is 21.6 Å². The normalized spacial score (nSPS) is 15.7. The zero-order chi connectivity index (χ0) is 14.9. The van der Waals surface area contributed by atoms with Gasteiger partial charge in [-0.05, 0) is 24.3 Å². The van der Waals surface area contributed by atoms with Gasteiger partial charge in [0, 0.05) is 12.8 Å². The molecule has 0 spiro atoms. The number of aliphatic carboxylic acids is 1. The lowest BCUT2D eigenvalue weighted by Crippen LogP contribution is -2.28. The van der Waals surface area contributed by atoms with E-state index in [4.69, 9.17) is 5.11 Å². The number of carbonyl (C=O) groups excluding carboxylic acids is 2. The maximum atomic E-state index is 11.7. The van der Waals surface area contributed by atoms with Gasteiger partial charge in [-0.2, -0.15) is 0 Å². The first-order chi connectivity index (χ1) is 9.31. The maximum Gasteiger partial charge on any atom is 0.319 e. The second-order valence-corrected chi connectivity index (χ2v) is 6.26. The van der Waals surface area contributed by atoms with Crippen molar-refractivity contribution in [3.63, 3.8) is 0 Å². The van der Waals surface area contributed by atoms with Crippen molar-refractivity contribution in [3.05, 3.63) is 24.3 Å². The van der Waals surface area contributed by atoms with E-state index in [1.54, 1.807) is 0 Å². The summed E-state index contributed by atoms with van der Waals surface area (Å²) < 4.78 is 23.4. The molecule has 1 aromatic carbocycles. The van der Waals surface area contributed by atoms with E-state index >= 15 is 0 Å². The van der Waals surface area contributed by atoms with E-state index in [0.29, 0.717) is 0 Å². The highest BCUT2D eigenvalue weighted by Gasteiger charge is 2.30. The van der Waals surface area contributed by atoms with Crippen molar-refractivity contribution in [1.82, 2.24) is 0 Å². The Labute approximate surface area is 114 Å². The summed E-state index contributed by atoms with van der Waals surface area (Å²) in [4.78, 5) is 34.3. The second kappa shape index (κ2) is 5.04. The lowest BCUT2D eigenvalue weighted by atomic mass is 10.3. The van der Waals surface area contributed by atoms with Crippen LogP contribution in [-0.4, -0.2) is 37.1 Å². The van der Waals surface area contributed by atoms with Crippen LogP contribution in [0.2, 0.25) is 0 Å². The fraction of sp³-hybridized carbons (Fsp3) is 0.250. The van der Waals surface area contributed by atoms with Gasteiger partial charge in [-0.15, -0.1) is 0 Å². The van der Waals surface area contributed by atoms with Crippen LogP contribution in [0.4, 0.5) is 5.69 Å². The van der Waals surface area contributed by atoms with Crippen molar-refractivity contribution < 1.29 is 27.9 Å². The molecule has 0 aromatic heterocycles. The number of hydrogen-bond acceptors (Lipinski definition) is 5. The van der Waals surface area contributed by atoms with E-state index in [-0.39, 0.29) is 35.2 Å². The molecular weight excluding hydrogens is 286 g/mol. The Bertz CT molecular complexity index is 660. The minimum atomic E-state index is -3.91. The molecule has 0 unspecified atom stereocenters. The smallest absolute Gasteiger partial charge is 0.319 e. The van der Waals surface area contributed by atoms with Crippen LogP contribution in [0.5, 0.6) is 0 Å². The number of benzene rings is 1. The Balaban J connectivity index is 2.29. The molecule has 1 aliphatic heterocycles. The number of carbonyl (C=O) groups is 3. The van der Waals surface area contributed by atoms with Gasteiger partial charge in [-0.3, -0.25) is 19.3 Å². The highest BCUT2D eigenvalue weighted by Crippen LogP contribution is 2.24. The predicted molar refractivity (Wildman–Crippen MR) is 67.9 cm³/mol. The van der Waals surface area contributed by atoms with Crippen molar-refractivity contribution in [3.8, 4) is 0 Å². The summed E-state index contributed by atoms with van der Waals surface area (Å²) in [6.45, 7) is 0. The number of sulfone groups is 1. The molecular formula is C12H11NO6S. The SMILES string of the molecule is O=C(O)CS(=O)(=O)c1ccc(N2C(=O)CCC2=O)cc1. The minimum absolute atomic E-state index is 0.137. The molecule has 106 valence electrons. The van der Waals surface area contributed by atoms with Crippen LogP contribution >= 0.6 is 0 Å². The molecule has 8 heteroatoms. The molecule has 1 aliphatic rings. The van der Waals surface area contributed by atoms with Crippen LogP contribution in [0, 0.1) is 0 Å². The molecule has 2 rings (SSSR count). The number of amides is 2. The fourth-order valence-electron chi connectivity index (χ4n) is 1.91. The molecule has 0 aliphatic carbocycles. The van der Waals surface area contributed by atoms with E-state index in [0.717, 1.165) is 4.90 Å². The zero-order valence-electron chi connectivity index (χ0n) is 10.3. The lowest BCUT2D eigenvalue weighted by Gasteiger charge is -2.14. The van der Waals surface area contributed by atoms with E-state index in [1.807, 2.05) is 0 Å². The molecule has 1 N–H and O–H groups in total. The summed E-state index contributed by atoms with van der Waals surface area (Å²) in [5.74, 6) is -3.13. The summed E-state index contributed by atoms with van der Waals surface area (Å²) in [7, 11) is -3.91. The van der Waals surface area contributed by atoms with Crippen LogP contribution in [0.15, 0.2) is 29.2 Å². The van der Waals surface area contributed by atoms with Crippen molar-refractivity contribution in [2.24, 2.45) is 0 Å². The third-order valence-electron chi connectivity index (χ3n) is 2.82. The number of nitrogens with zero attached hydrogens (tertiary/aromatic N) is 1. The van der Waals surface area contributed by atoms with Crippen molar-refractivity contribution in [2.75, 3.05) is 10.7 Å². The Morgan fingerprint density at radius 1 is 1.10 bits per heavy atom. The number of carboxylic acids is 1. The first-order valence-electron chi connectivity index (χ1n) is 5.71. The van der Waals surface area contributed by atoms with Crippen LogP contribution < -0.4 is 4.90 Å².